The minimum absolute atomic E-state index is 0.221. The number of hydrogen-bond donors (Lipinski definition) is 1. The number of carbonyl (C=O) groups excluding carboxylic acids is 1. The molecule has 4 nitrogen and oxygen atoms in total. The quantitative estimate of drug-likeness (QED) is 0.650. The molecule has 0 fully saturated rings. The number of rotatable bonds is 5. The van der Waals surface area contributed by atoms with Gasteiger partial charge in [-0.15, -0.1) is 0 Å². The van der Waals surface area contributed by atoms with Gasteiger partial charge >= 0.3 is 5.97 Å². The Hall–Kier alpha value is -1.26. The SMILES string of the molecule is COCCC(C)OC(=O)c1c(N)cccc1Cl. The molecular formula is C12H16ClNO3. The van der Waals surface area contributed by atoms with Crippen LogP contribution in [0, 0.1) is 0 Å². The second-order valence-electron chi connectivity index (χ2n) is 3.70. The van der Waals surface area contributed by atoms with E-state index in [1.54, 1.807) is 32.2 Å². The lowest BCUT2D eigenvalue weighted by molar-refractivity contribution is 0.0268. The maximum atomic E-state index is 11.8. The van der Waals surface area contributed by atoms with Crippen molar-refractivity contribution in [2.75, 3.05) is 19.5 Å². The van der Waals surface area contributed by atoms with Crippen LogP contribution in [0.5, 0.6) is 0 Å². The van der Waals surface area contributed by atoms with Crippen LogP contribution in [-0.4, -0.2) is 25.8 Å². The highest BCUT2D eigenvalue weighted by atomic mass is 35.5. The summed E-state index contributed by atoms with van der Waals surface area (Å²) in [6.45, 7) is 2.33. The Bertz CT molecular complexity index is 375. The fourth-order valence-electron chi connectivity index (χ4n) is 1.34. The molecule has 0 aliphatic heterocycles. The minimum Gasteiger partial charge on any atom is -0.459 e. The zero-order chi connectivity index (χ0) is 12.8. The molecule has 1 unspecified atom stereocenters. The largest absolute Gasteiger partial charge is 0.459 e. The molecule has 0 saturated heterocycles. The Labute approximate surface area is 106 Å². The molecule has 0 aromatic heterocycles. The number of esters is 1. The molecule has 1 rings (SSSR count). The van der Waals surface area contributed by atoms with Crippen molar-refractivity contribution in [2.45, 2.75) is 19.4 Å². The summed E-state index contributed by atoms with van der Waals surface area (Å²) in [6, 6.07) is 4.90. The van der Waals surface area contributed by atoms with Gasteiger partial charge in [0.1, 0.15) is 11.7 Å². The van der Waals surface area contributed by atoms with Gasteiger partial charge < -0.3 is 15.2 Å². The first-order valence-corrected chi connectivity index (χ1v) is 5.68. The van der Waals surface area contributed by atoms with Crippen molar-refractivity contribution in [1.82, 2.24) is 0 Å². The third-order valence-corrected chi connectivity index (χ3v) is 2.60. The molecule has 0 radical (unpaired) electrons. The first kappa shape index (κ1) is 13.8. The summed E-state index contributed by atoms with van der Waals surface area (Å²) < 4.78 is 10.1. The molecule has 0 amide bonds. The van der Waals surface area contributed by atoms with Crippen LogP contribution < -0.4 is 5.73 Å². The number of ether oxygens (including phenoxy) is 2. The van der Waals surface area contributed by atoms with Crippen LogP contribution in [0.1, 0.15) is 23.7 Å². The van der Waals surface area contributed by atoms with Gasteiger partial charge in [-0.1, -0.05) is 17.7 Å². The van der Waals surface area contributed by atoms with Crippen molar-refractivity contribution in [1.29, 1.82) is 0 Å². The standard InChI is InChI=1S/C12H16ClNO3/c1-8(6-7-16-2)17-12(15)11-9(13)4-3-5-10(11)14/h3-5,8H,6-7,14H2,1-2H3. The van der Waals surface area contributed by atoms with Gasteiger partial charge in [0.2, 0.25) is 0 Å². The summed E-state index contributed by atoms with van der Waals surface area (Å²) in [6.07, 6.45) is 0.394. The normalized spacial score (nSPS) is 12.2. The summed E-state index contributed by atoms with van der Waals surface area (Å²) in [5.74, 6) is -0.503. The zero-order valence-corrected chi connectivity index (χ0v) is 10.7. The van der Waals surface area contributed by atoms with Crippen LogP contribution in [0.15, 0.2) is 18.2 Å². The van der Waals surface area contributed by atoms with Crippen LogP contribution in [-0.2, 0) is 9.47 Å². The maximum absolute atomic E-state index is 11.8. The summed E-state index contributed by atoms with van der Waals surface area (Å²) in [5, 5.41) is 0.300. The van der Waals surface area contributed by atoms with E-state index in [1.807, 2.05) is 0 Å². The van der Waals surface area contributed by atoms with Crippen LogP contribution in [0.25, 0.3) is 0 Å². The van der Waals surface area contributed by atoms with Crippen molar-refractivity contribution in [3.8, 4) is 0 Å². The topological polar surface area (TPSA) is 61.5 Å². The molecule has 94 valence electrons. The smallest absolute Gasteiger partial charge is 0.342 e. The Morgan fingerprint density at radius 1 is 1.53 bits per heavy atom. The Kier molecular flexibility index (Phi) is 5.25. The predicted molar refractivity (Wildman–Crippen MR) is 67.2 cm³/mol. The second kappa shape index (κ2) is 6.47. The third kappa shape index (κ3) is 3.91. The Morgan fingerprint density at radius 2 is 2.24 bits per heavy atom. The number of nitrogens with two attached hydrogens (primary N) is 1. The highest BCUT2D eigenvalue weighted by Gasteiger charge is 2.17. The minimum atomic E-state index is -0.503. The van der Waals surface area contributed by atoms with Gasteiger partial charge in [0.05, 0.1) is 5.02 Å². The molecule has 0 heterocycles. The first-order valence-electron chi connectivity index (χ1n) is 5.30. The summed E-state index contributed by atoms with van der Waals surface area (Å²) >= 11 is 5.91. The monoisotopic (exact) mass is 257 g/mol. The average Bonchev–Trinajstić information content (AvgIpc) is 2.26. The van der Waals surface area contributed by atoms with E-state index in [1.165, 1.54) is 0 Å². The van der Waals surface area contributed by atoms with E-state index in [0.29, 0.717) is 23.7 Å². The number of halogens is 1. The number of hydrogen-bond acceptors (Lipinski definition) is 4. The molecule has 5 heteroatoms. The number of methoxy groups -OCH3 is 1. The van der Waals surface area contributed by atoms with Gasteiger partial charge in [0.25, 0.3) is 0 Å². The molecule has 0 aliphatic rings. The number of nitrogen functional groups attached to an aromatic ring is 1. The van der Waals surface area contributed by atoms with E-state index >= 15 is 0 Å². The lowest BCUT2D eigenvalue weighted by Crippen LogP contribution is -2.18. The molecule has 0 spiro atoms. The van der Waals surface area contributed by atoms with Gasteiger partial charge in [-0.3, -0.25) is 0 Å². The van der Waals surface area contributed by atoms with Crippen molar-refractivity contribution < 1.29 is 14.3 Å². The van der Waals surface area contributed by atoms with Gasteiger partial charge in [-0.05, 0) is 19.1 Å². The van der Waals surface area contributed by atoms with E-state index < -0.39 is 5.97 Å². The van der Waals surface area contributed by atoms with Gasteiger partial charge in [-0.25, -0.2) is 4.79 Å². The highest BCUT2D eigenvalue weighted by molar-refractivity contribution is 6.34. The fraction of sp³-hybridized carbons (Fsp3) is 0.417. The Balaban J connectivity index is 2.70. The predicted octanol–water partition coefficient (Wildman–Crippen LogP) is 2.50. The number of benzene rings is 1. The summed E-state index contributed by atoms with van der Waals surface area (Å²) in [7, 11) is 1.60. The second-order valence-corrected chi connectivity index (χ2v) is 4.11. The lowest BCUT2D eigenvalue weighted by atomic mass is 10.2. The zero-order valence-electron chi connectivity index (χ0n) is 9.90. The van der Waals surface area contributed by atoms with Crippen molar-refractivity contribution in [2.24, 2.45) is 0 Å². The van der Waals surface area contributed by atoms with Crippen molar-refractivity contribution >= 4 is 23.3 Å². The van der Waals surface area contributed by atoms with E-state index in [2.05, 4.69) is 0 Å². The number of carbonyl (C=O) groups is 1. The molecular weight excluding hydrogens is 242 g/mol. The maximum Gasteiger partial charge on any atom is 0.342 e. The van der Waals surface area contributed by atoms with Gasteiger partial charge in [0, 0.05) is 25.8 Å². The van der Waals surface area contributed by atoms with Crippen LogP contribution in [0.2, 0.25) is 5.02 Å². The Morgan fingerprint density at radius 3 is 2.82 bits per heavy atom. The molecule has 0 bridgehead atoms. The summed E-state index contributed by atoms with van der Waals surface area (Å²) in [4.78, 5) is 11.8. The fourth-order valence-corrected chi connectivity index (χ4v) is 1.60. The average molecular weight is 258 g/mol. The van der Waals surface area contributed by atoms with Crippen molar-refractivity contribution in [3.63, 3.8) is 0 Å². The van der Waals surface area contributed by atoms with Gasteiger partial charge in [0.15, 0.2) is 0 Å². The molecule has 17 heavy (non-hydrogen) atoms. The van der Waals surface area contributed by atoms with Crippen molar-refractivity contribution in [3.05, 3.63) is 28.8 Å². The molecule has 0 saturated carbocycles. The van der Waals surface area contributed by atoms with E-state index in [0.717, 1.165) is 0 Å². The van der Waals surface area contributed by atoms with E-state index in [-0.39, 0.29) is 11.7 Å². The third-order valence-electron chi connectivity index (χ3n) is 2.29. The molecule has 0 aliphatic carbocycles. The van der Waals surface area contributed by atoms with Crippen LogP contribution in [0.4, 0.5) is 5.69 Å². The van der Waals surface area contributed by atoms with Gasteiger partial charge in [-0.2, -0.15) is 0 Å². The summed E-state index contributed by atoms with van der Waals surface area (Å²) in [5.41, 5.74) is 6.23. The van der Waals surface area contributed by atoms with E-state index in [4.69, 9.17) is 26.8 Å². The molecule has 2 N–H and O–H groups in total. The van der Waals surface area contributed by atoms with Crippen LogP contribution in [0.3, 0.4) is 0 Å². The molecule has 1 atom stereocenters. The first-order chi connectivity index (χ1) is 8.06. The van der Waals surface area contributed by atoms with E-state index in [9.17, 15) is 4.79 Å². The molecule has 1 aromatic carbocycles. The number of anilines is 1. The lowest BCUT2D eigenvalue weighted by Gasteiger charge is -2.14. The van der Waals surface area contributed by atoms with Crippen LogP contribution >= 0.6 is 11.6 Å². The highest BCUT2D eigenvalue weighted by Crippen LogP contribution is 2.23. The molecule has 1 aromatic rings.